The molecule has 0 saturated heterocycles. The van der Waals surface area contributed by atoms with E-state index in [4.69, 9.17) is 0 Å². The Morgan fingerprint density at radius 3 is 2.67 bits per heavy atom. The Hall–Kier alpha value is -1.31. The van der Waals surface area contributed by atoms with Crippen molar-refractivity contribution in [2.75, 3.05) is 0 Å². The second-order valence-corrected chi connectivity index (χ2v) is 3.09. The molecule has 1 heterocycles. The number of ketones is 1. The first kappa shape index (κ1) is 8.78. The van der Waals surface area contributed by atoms with Crippen LogP contribution >= 0.6 is 0 Å². The molecule has 0 aromatic carbocycles. The summed E-state index contributed by atoms with van der Waals surface area (Å²) in [6.45, 7) is 8.12. The highest BCUT2D eigenvalue weighted by Crippen LogP contribution is 2.04. The normalized spacial score (nSPS) is 9.83. The first-order valence-electron chi connectivity index (χ1n) is 3.90. The summed E-state index contributed by atoms with van der Waals surface area (Å²) in [7, 11) is 0. The van der Waals surface area contributed by atoms with Gasteiger partial charge in [0.05, 0.1) is 0 Å². The molecule has 1 rings (SSSR count). The number of carbonyl (C=O) groups is 1. The summed E-state index contributed by atoms with van der Waals surface area (Å²) in [4.78, 5) is 10.9. The number of rotatable bonds is 3. The number of hydrogen-bond donors (Lipinski definition) is 0. The molecule has 2 nitrogen and oxygen atoms in total. The molecule has 2 heteroatoms. The lowest BCUT2D eigenvalue weighted by atomic mass is 10.2. The van der Waals surface area contributed by atoms with Gasteiger partial charge >= 0.3 is 0 Å². The summed E-state index contributed by atoms with van der Waals surface area (Å²) in [6, 6.07) is 1.82. The minimum atomic E-state index is 0.107. The van der Waals surface area contributed by atoms with Crippen LogP contribution in [0.2, 0.25) is 0 Å². The lowest BCUT2D eigenvalue weighted by molar-refractivity contribution is 0.101. The van der Waals surface area contributed by atoms with E-state index in [0.29, 0.717) is 0 Å². The van der Waals surface area contributed by atoms with Gasteiger partial charge in [0.1, 0.15) is 0 Å². The van der Waals surface area contributed by atoms with Crippen molar-refractivity contribution < 1.29 is 4.79 Å². The van der Waals surface area contributed by atoms with Gasteiger partial charge in [0.25, 0.3) is 0 Å². The highest BCUT2D eigenvalue weighted by molar-refractivity contribution is 5.93. The van der Waals surface area contributed by atoms with Gasteiger partial charge in [-0.3, -0.25) is 4.79 Å². The maximum Gasteiger partial charge on any atom is 0.161 e. The predicted molar refractivity (Wildman–Crippen MR) is 49.3 cm³/mol. The first-order valence-corrected chi connectivity index (χ1v) is 3.90. The standard InChI is InChI=1S/C10H13NO/c1-8(2)6-11-5-4-10(7-11)9(3)12/h4-5,7H,1,6H2,2-3H3. The summed E-state index contributed by atoms with van der Waals surface area (Å²) in [5.41, 5.74) is 1.84. The van der Waals surface area contributed by atoms with Crippen molar-refractivity contribution in [1.29, 1.82) is 0 Å². The number of carbonyl (C=O) groups excluding carboxylic acids is 1. The third-order valence-corrected chi connectivity index (χ3v) is 1.61. The molecule has 0 N–H and O–H groups in total. The molecular weight excluding hydrogens is 150 g/mol. The van der Waals surface area contributed by atoms with E-state index in [-0.39, 0.29) is 5.78 Å². The Kier molecular flexibility index (Phi) is 2.48. The minimum absolute atomic E-state index is 0.107. The van der Waals surface area contributed by atoms with Gasteiger partial charge < -0.3 is 4.57 Å². The average molecular weight is 163 g/mol. The molecule has 0 atom stereocenters. The van der Waals surface area contributed by atoms with Gasteiger partial charge in [-0.2, -0.15) is 0 Å². The summed E-state index contributed by atoms with van der Waals surface area (Å²) in [6.07, 6.45) is 3.74. The number of hydrogen-bond acceptors (Lipinski definition) is 1. The van der Waals surface area contributed by atoms with Gasteiger partial charge in [-0.25, -0.2) is 0 Å². The largest absolute Gasteiger partial charge is 0.350 e. The van der Waals surface area contributed by atoms with Gasteiger partial charge in [0, 0.05) is 24.5 Å². The number of nitrogens with zero attached hydrogens (tertiary/aromatic N) is 1. The molecule has 0 amide bonds. The van der Waals surface area contributed by atoms with Gasteiger partial charge in [0.2, 0.25) is 0 Å². The van der Waals surface area contributed by atoms with Crippen LogP contribution in [0.15, 0.2) is 30.6 Å². The topological polar surface area (TPSA) is 22.0 Å². The summed E-state index contributed by atoms with van der Waals surface area (Å²) in [5.74, 6) is 0.107. The van der Waals surface area contributed by atoms with Crippen molar-refractivity contribution in [2.45, 2.75) is 20.4 Å². The second kappa shape index (κ2) is 3.39. The Morgan fingerprint density at radius 2 is 2.25 bits per heavy atom. The van der Waals surface area contributed by atoms with Crippen LogP contribution in [0.1, 0.15) is 24.2 Å². The number of Topliss-reactive ketones (excluding diaryl/α,β-unsaturated/α-hetero) is 1. The van der Waals surface area contributed by atoms with Gasteiger partial charge in [0.15, 0.2) is 5.78 Å². The van der Waals surface area contributed by atoms with Crippen LogP contribution < -0.4 is 0 Å². The zero-order valence-electron chi connectivity index (χ0n) is 7.50. The van der Waals surface area contributed by atoms with Gasteiger partial charge in [-0.1, -0.05) is 12.2 Å². The van der Waals surface area contributed by atoms with E-state index in [9.17, 15) is 4.79 Å². The van der Waals surface area contributed by atoms with E-state index in [1.54, 1.807) is 6.92 Å². The highest BCUT2D eigenvalue weighted by Gasteiger charge is 2.00. The molecule has 0 radical (unpaired) electrons. The number of aromatic nitrogens is 1. The Morgan fingerprint density at radius 1 is 1.58 bits per heavy atom. The van der Waals surface area contributed by atoms with Crippen molar-refractivity contribution in [3.8, 4) is 0 Å². The zero-order chi connectivity index (χ0) is 9.14. The van der Waals surface area contributed by atoms with Crippen molar-refractivity contribution in [1.82, 2.24) is 4.57 Å². The quantitative estimate of drug-likeness (QED) is 0.495. The second-order valence-electron chi connectivity index (χ2n) is 3.09. The molecular formula is C10H13NO. The number of allylic oxidation sites excluding steroid dienone is 1. The lowest BCUT2D eigenvalue weighted by Crippen LogP contribution is -1.95. The third kappa shape index (κ3) is 2.09. The fraction of sp³-hybridized carbons (Fsp3) is 0.300. The van der Waals surface area contributed by atoms with E-state index < -0.39 is 0 Å². The van der Waals surface area contributed by atoms with E-state index in [2.05, 4.69) is 6.58 Å². The predicted octanol–water partition coefficient (Wildman–Crippen LogP) is 2.27. The molecule has 12 heavy (non-hydrogen) atoms. The SMILES string of the molecule is C=C(C)Cn1ccc(C(C)=O)c1. The summed E-state index contributed by atoms with van der Waals surface area (Å²) in [5, 5.41) is 0. The molecule has 64 valence electrons. The Balaban J connectivity index is 2.77. The van der Waals surface area contributed by atoms with Gasteiger partial charge in [-0.15, -0.1) is 0 Å². The fourth-order valence-electron chi connectivity index (χ4n) is 1.06. The maximum absolute atomic E-state index is 10.9. The van der Waals surface area contributed by atoms with Crippen LogP contribution in [0.5, 0.6) is 0 Å². The molecule has 0 aliphatic rings. The van der Waals surface area contributed by atoms with Crippen molar-refractivity contribution in [3.63, 3.8) is 0 Å². The van der Waals surface area contributed by atoms with Crippen LogP contribution in [0.3, 0.4) is 0 Å². The molecule has 0 spiro atoms. The molecule has 0 aliphatic heterocycles. The molecule has 0 unspecified atom stereocenters. The smallest absolute Gasteiger partial charge is 0.161 e. The summed E-state index contributed by atoms with van der Waals surface area (Å²) >= 11 is 0. The first-order chi connectivity index (χ1) is 5.59. The van der Waals surface area contributed by atoms with E-state index >= 15 is 0 Å². The molecule has 0 bridgehead atoms. The van der Waals surface area contributed by atoms with E-state index in [0.717, 1.165) is 17.7 Å². The third-order valence-electron chi connectivity index (χ3n) is 1.61. The van der Waals surface area contributed by atoms with Crippen molar-refractivity contribution >= 4 is 5.78 Å². The fourth-order valence-corrected chi connectivity index (χ4v) is 1.06. The Labute approximate surface area is 72.5 Å². The van der Waals surface area contributed by atoms with Crippen LogP contribution in [0.25, 0.3) is 0 Å². The average Bonchev–Trinajstić information content (AvgIpc) is 2.34. The van der Waals surface area contributed by atoms with Crippen molar-refractivity contribution in [3.05, 3.63) is 36.2 Å². The lowest BCUT2D eigenvalue weighted by Gasteiger charge is -1.99. The zero-order valence-corrected chi connectivity index (χ0v) is 7.50. The van der Waals surface area contributed by atoms with Crippen LogP contribution in [-0.2, 0) is 6.54 Å². The van der Waals surface area contributed by atoms with E-state index in [1.807, 2.05) is 30.0 Å². The summed E-state index contributed by atoms with van der Waals surface area (Å²) < 4.78 is 1.96. The van der Waals surface area contributed by atoms with Crippen LogP contribution in [0, 0.1) is 0 Å². The van der Waals surface area contributed by atoms with Crippen LogP contribution in [0.4, 0.5) is 0 Å². The molecule has 1 aromatic heterocycles. The minimum Gasteiger partial charge on any atom is -0.350 e. The monoisotopic (exact) mass is 163 g/mol. The Bertz CT molecular complexity index is 309. The molecule has 1 aromatic rings. The van der Waals surface area contributed by atoms with Crippen LogP contribution in [-0.4, -0.2) is 10.4 Å². The molecule has 0 fully saturated rings. The van der Waals surface area contributed by atoms with Crippen molar-refractivity contribution in [2.24, 2.45) is 0 Å². The molecule has 0 aliphatic carbocycles. The molecule has 0 saturated carbocycles. The van der Waals surface area contributed by atoms with E-state index in [1.165, 1.54) is 0 Å². The van der Waals surface area contributed by atoms with Gasteiger partial charge in [-0.05, 0) is 19.9 Å². The highest BCUT2D eigenvalue weighted by atomic mass is 16.1. The maximum atomic E-state index is 10.9.